The molecule has 2 aliphatic rings. The molecule has 1 aromatic carbocycles. The minimum atomic E-state index is -0.823. The van der Waals surface area contributed by atoms with Crippen molar-refractivity contribution in [1.82, 2.24) is 10.2 Å². The van der Waals surface area contributed by atoms with Crippen LogP contribution in [0.15, 0.2) is 18.2 Å². The predicted molar refractivity (Wildman–Crippen MR) is 95.5 cm³/mol. The van der Waals surface area contributed by atoms with E-state index in [1.165, 1.54) is 12.1 Å². The average molecular weight is 348 g/mol. The number of likely N-dealkylation sites (N-methyl/N-ethyl adjacent to an activating group) is 1. The molecular formula is C18H26BFN2O3. The number of nitrogens with zero attached hydrogens (tertiary/aromatic N) is 1. The molecule has 2 heterocycles. The van der Waals surface area contributed by atoms with E-state index in [0.717, 1.165) is 19.5 Å². The zero-order valence-corrected chi connectivity index (χ0v) is 15.6. The summed E-state index contributed by atoms with van der Waals surface area (Å²) in [6.07, 6.45) is 0.924. The second kappa shape index (κ2) is 6.38. The highest BCUT2D eigenvalue weighted by Gasteiger charge is 2.52. The van der Waals surface area contributed by atoms with E-state index in [4.69, 9.17) is 9.31 Å². The van der Waals surface area contributed by atoms with E-state index in [9.17, 15) is 9.18 Å². The number of hydrogen-bond donors (Lipinski definition) is 1. The highest BCUT2D eigenvalue weighted by atomic mass is 19.1. The van der Waals surface area contributed by atoms with Gasteiger partial charge in [-0.05, 0) is 58.9 Å². The average Bonchev–Trinajstić information content (AvgIpc) is 3.13. The monoisotopic (exact) mass is 348 g/mol. The molecule has 7 heteroatoms. The summed E-state index contributed by atoms with van der Waals surface area (Å²) in [7, 11) is 0.967. The van der Waals surface area contributed by atoms with Crippen LogP contribution in [-0.4, -0.2) is 55.3 Å². The van der Waals surface area contributed by atoms with E-state index < -0.39 is 24.1 Å². The normalized spacial score (nSPS) is 24.6. The van der Waals surface area contributed by atoms with Crippen LogP contribution in [0, 0.1) is 5.82 Å². The maximum absolute atomic E-state index is 14.4. The first-order valence-electron chi connectivity index (χ1n) is 8.75. The van der Waals surface area contributed by atoms with Crippen LogP contribution in [-0.2, 0) is 9.31 Å². The Hall–Kier alpha value is -1.44. The highest BCUT2D eigenvalue weighted by molar-refractivity contribution is 6.62. The van der Waals surface area contributed by atoms with Gasteiger partial charge in [0.1, 0.15) is 5.82 Å². The summed E-state index contributed by atoms with van der Waals surface area (Å²) in [5.74, 6) is -0.549. The molecule has 25 heavy (non-hydrogen) atoms. The summed E-state index contributed by atoms with van der Waals surface area (Å²) >= 11 is 0. The molecule has 0 bridgehead atoms. The van der Waals surface area contributed by atoms with Crippen molar-refractivity contribution in [1.29, 1.82) is 0 Å². The molecule has 2 saturated heterocycles. The lowest BCUT2D eigenvalue weighted by molar-refractivity contribution is 0.00578. The Kier molecular flexibility index (Phi) is 4.68. The lowest BCUT2D eigenvalue weighted by atomic mass is 9.78. The van der Waals surface area contributed by atoms with Gasteiger partial charge in [-0.1, -0.05) is 0 Å². The Morgan fingerprint density at radius 3 is 2.48 bits per heavy atom. The molecule has 0 aromatic heterocycles. The van der Waals surface area contributed by atoms with E-state index in [0.29, 0.717) is 5.56 Å². The van der Waals surface area contributed by atoms with E-state index >= 15 is 0 Å². The van der Waals surface area contributed by atoms with E-state index in [-0.39, 0.29) is 17.4 Å². The first kappa shape index (κ1) is 18.4. The van der Waals surface area contributed by atoms with Crippen molar-refractivity contribution in [2.24, 2.45) is 0 Å². The molecule has 0 radical (unpaired) electrons. The Balaban J connectivity index is 1.85. The van der Waals surface area contributed by atoms with Crippen molar-refractivity contribution in [3.8, 4) is 0 Å². The van der Waals surface area contributed by atoms with Crippen LogP contribution in [0.4, 0.5) is 4.39 Å². The Morgan fingerprint density at radius 2 is 1.92 bits per heavy atom. The number of halogens is 1. The van der Waals surface area contributed by atoms with Crippen LogP contribution >= 0.6 is 0 Å². The highest BCUT2D eigenvalue weighted by Crippen LogP contribution is 2.36. The van der Waals surface area contributed by atoms with Gasteiger partial charge >= 0.3 is 7.12 Å². The number of hydrogen-bond acceptors (Lipinski definition) is 4. The van der Waals surface area contributed by atoms with E-state index in [1.54, 1.807) is 18.0 Å². The summed E-state index contributed by atoms with van der Waals surface area (Å²) in [6.45, 7) is 9.36. The van der Waals surface area contributed by atoms with E-state index in [1.807, 2.05) is 27.7 Å². The Labute approximate surface area is 149 Å². The minimum absolute atomic E-state index is 0.119. The van der Waals surface area contributed by atoms with Gasteiger partial charge in [-0.2, -0.15) is 0 Å². The van der Waals surface area contributed by atoms with Gasteiger partial charge in [0.05, 0.1) is 11.2 Å². The fraction of sp³-hybridized carbons (Fsp3) is 0.611. The van der Waals surface area contributed by atoms with Gasteiger partial charge in [0.15, 0.2) is 0 Å². The van der Waals surface area contributed by atoms with Crippen molar-refractivity contribution in [3.05, 3.63) is 29.6 Å². The standard InChI is InChI=1S/C18H26BFN2O3/c1-17(2)18(3,4)25-19(24-17)14-10-12(6-7-15(14)20)16(23)22(5)13-8-9-21-11-13/h6-7,10,13,21H,8-9,11H2,1-5H3/t13-/m0/s1. The third kappa shape index (κ3) is 3.33. The summed E-state index contributed by atoms with van der Waals surface area (Å²) in [5, 5.41) is 3.25. The third-order valence-electron chi connectivity index (χ3n) is 5.65. The molecule has 0 aliphatic carbocycles. The molecule has 136 valence electrons. The number of nitrogens with one attached hydrogen (secondary N) is 1. The number of amides is 1. The second-order valence-corrected chi connectivity index (χ2v) is 7.89. The third-order valence-corrected chi connectivity index (χ3v) is 5.65. The maximum Gasteiger partial charge on any atom is 0.497 e. The van der Waals surface area contributed by atoms with Crippen LogP contribution in [0.3, 0.4) is 0 Å². The SMILES string of the molecule is CN(C(=O)c1ccc(F)c(B2OC(C)(C)C(C)(C)O2)c1)[C@H]1CCNC1. The molecule has 0 unspecified atom stereocenters. The van der Waals surface area contributed by atoms with Crippen molar-refractivity contribution in [3.63, 3.8) is 0 Å². The topological polar surface area (TPSA) is 50.8 Å². The van der Waals surface area contributed by atoms with Crippen LogP contribution in [0.1, 0.15) is 44.5 Å². The van der Waals surface area contributed by atoms with Crippen LogP contribution in [0.2, 0.25) is 0 Å². The summed E-state index contributed by atoms with van der Waals surface area (Å²) in [4.78, 5) is 14.5. The molecule has 1 atom stereocenters. The fourth-order valence-electron chi connectivity index (χ4n) is 3.17. The first-order chi connectivity index (χ1) is 11.6. The van der Waals surface area contributed by atoms with Gasteiger partial charge < -0.3 is 19.5 Å². The summed E-state index contributed by atoms with van der Waals surface area (Å²) < 4.78 is 26.3. The van der Waals surface area contributed by atoms with Crippen molar-refractivity contribution >= 4 is 18.5 Å². The fourth-order valence-corrected chi connectivity index (χ4v) is 3.17. The van der Waals surface area contributed by atoms with Gasteiger partial charge in [0.25, 0.3) is 5.91 Å². The van der Waals surface area contributed by atoms with Gasteiger partial charge in [-0.25, -0.2) is 4.39 Å². The molecule has 2 fully saturated rings. The lowest BCUT2D eigenvalue weighted by Gasteiger charge is -2.32. The van der Waals surface area contributed by atoms with Crippen molar-refractivity contribution < 1.29 is 18.5 Å². The van der Waals surface area contributed by atoms with Gasteiger partial charge in [0, 0.05) is 30.7 Å². The number of carbonyl (C=O) groups excluding carboxylic acids is 1. The molecule has 0 spiro atoms. The van der Waals surface area contributed by atoms with Crippen LogP contribution in [0.5, 0.6) is 0 Å². The Morgan fingerprint density at radius 1 is 1.28 bits per heavy atom. The predicted octanol–water partition coefficient (Wildman–Crippen LogP) is 1.56. The second-order valence-electron chi connectivity index (χ2n) is 7.89. The number of benzene rings is 1. The molecule has 1 N–H and O–H groups in total. The quantitative estimate of drug-likeness (QED) is 0.843. The molecule has 2 aliphatic heterocycles. The first-order valence-corrected chi connectivity index (χ1v) is 8.75. The summed E-state index contributed by atoms with van der Waals surface area (Å²) in [6, 6.07) is 4.55. The van der Waals surface area contributed by atoms with E-state index in [2.05, 4.69) is 5.32 Å². The zero-order valence-electron chi connectivity index (χ0n) is 15.6. The maximum atomic E-state index is 14.4. The minimum Gasteiger partial charge on any atom is -0.399 e. The zero-order chi connectivity index (χ0) is 18.4. The van der Waals surface area contributed by atoms with Gasteiger partial charge in [0.2, 0.25) is 0 Å². The molecule has 0 saturated carbocycles. The summed E-state index contributed by atoms with van der Waals surface area (Å²) in [5.41, 5.74) is -0.407. The van der Waals surface area contributed by atoms with Crippen molar-refractivity contribution in [2.75, 3.05) is 20.1 Å². The number of carbonyl (C=O) groups is 1. The molecule has 3 rings (SSSR count). The van der Waals surface area contributed by atoms with Crippen LogP contribution < -0.4 is 10.8 Å². The molecule has 1 aromatic rings. The molecular weight excluding hydrogens is 322 g/mol. The largest absolute Gasteiger partial charge is 0.497 e. The number of rotatable bonds is 3. The lowest BCUT2D eigenvalue weighted by Crippen LogP contribution is -2.41. The van der Waals surface area contributed by atoms with Crippen LogP contribution in [0.25, 0.3) is 0 Å². The van der Waals surface area contributed by atoms with Gasteiger partial charge in [-0.3, -0.25) is 4.79 Å². The Bertz CT molecular complexity index is 658. The molecule has 5 nitrogen and oxygen atoms in total. The van der Waals surface area contributed by atoms with Crippen molar-refractivity contribution in [2.45, 2.75) is 51.4 Å². The smallest absolute Gasteiger partial charge is 0.399 e. The van der Waals surface area contributed by atoms with Gasteiger partial charge in [-0.15, -0.1) is 0 Å². The molecule has 1 amide bonds.